The number of hydrogen-bond donors (Lipinski definition) is 1. The number of carbonyl (C=O) groups excluding carboxylic acids is 2. The number of hydrogen-bond acceptors (Lipinski definition) is 5. The van der Waals surface area contributed by atoms with E-state index in [1.54, 1.807) is 36.1 Å². The Bertz CT molecular complexity index is 1080. The van der Waals surface area contributed by atoms with Crippen LogP contribution in [0.15, 0.2) is 47.4 Å². The molecule has 0 radical (unpaired) electrons. The molecule has 3 rings (SSSR count). The maximum Gasteiger partial charge on any atom is 0.338 e. The first-order chi connectivity index (χ1) is 14.7. The number of esters is 1. The van der Waals surface area contributed by atoms with Crippen LogP contribution in [0.4, 0.5) is 5.69 Å². The van der Waals surface area contributed by atoms with Gasteiger partial charge < -0.3 is 9.64 Å². The van der Waals surface area contributed by atoms with E-state index in [0.717, 1.165) is 24.8 Å². The van der Waals surface area contributed by atoms with E-state index in [2.05, 4.69) is 4.72 Å². The van der Waals surface area contributed by atoms with Crippen LogP contribution in [0.2, 0.25) is 0 Å². The fourth-order valence-electron chi connectivity index (χ4n) is 3.67. The molecule has 7 nitrogen and oxygen atoms in total. The van der Waals surface area contributed by atoms with Crippen molar-refractivity contribution in [1.82, 2.24) is 4.90 Å². The van der Waals surface area contributed by atoms with Gasteiger partial charge in [-0.2, -0.15) is 0 Å². The summed E-state index contributed by atoms with van der Waals surface area (Å²) in [5.74, 6) is -0.953. The highest BCUT2D eigenvalue weighted by Crippen LogP contribution is 2.21. The van der Waals surface area contributed by atoms with Crippen molar-refractivity contribution in [3.63, 3.8) is 0 Å². The normalized spacial score (nSPS) is 16.6. The fourth-order valence-corrected chi connectivity index (χ4v) is 4.74. The number of ether oxygens (including phenoxy) is 1. The first-order valence-electron chi connectivity index (χ1n) is 10.3. The summed E-state index contributed by atoms with van der Waals surface area (Å²) in [6, 6.07) is 11.4. The van der Waals surface area contributed by atoms with Crippen LogP contribution in [0.5, 0.6) is 0 Å². The second kappa shape index (κ2) is 9.51. The molecule has 1 heterocycles. The third-order valence-electron chi connectivity index (χ3n) is 5.46. The highest BCUT2D eigenvalue weighted by molar-refractivity contribution is 7.92. The molecule has 1 aliphatic heterocycles. The molecule has 1 fully saturated rings. The summed E-state index contributed by atoms with van der Waals surface area (Å²) < 4.78 is 33.3. The summed E-state index contributed by atoms with van der Waals surface area (Å²) in [5, 5.41) is 0. The molecule has 2 aromatic carbocycles. The zero-order valence-corrected chi connectivity index (χ0v) is 18.9. The van der Waals surface area contributed by atoms with E-state index < -0.39 is 16.0 Å². The van der Waals surface area contributed by atoms with Gasteiger partial charge in [0.05, 0.1) is 10.5 Å². The second-order valence-electron chi connectivity index (χ2n) is 7.96. The number of amides is 1. The number of benzene rings is 2. The molecule has 0 bridgehead atoms. The minimum atomic E-state index is -3.89. The maximum absolute atomic E-state index is 12.8. The number of anilines is 1. The Hall–Kier alpha value is -2.87. The number of piperidine rings is 1. The Morgan fingerprint density at radius 1 is 1.13 bits per heavy atom. The van der Waals surface area contributed by atoms with Gasteiger partial charge in [-0.3, -0.25) is 9.52 Å². The Morgan fingerprint density at radius 3 is 2.61 bits per heavy atom. The molecule has 1 saturated heterocycles. The molecule has 0 spiro atoms. The van der Waals surface area contributed by atoms with Gasteiger partial charge in [-0.25, -0.2) is 13.2 Å². The lowest BCUT2D eigenvalue weighted by atomic mass is 10.0. The van der Waals surface area contributed by atoms with Crippen molar-refractivity contribution in [2.24, 2.45) is 0 Å². The summed E-state index contributed by atoms with van der Waals surface area (Å²) >= 11 is 0. The molecule has 2 aromatic rings. The van der Waals surface area contributed by atoms with Gasteiger partial charge in [-0.1, -0.05) is 18.2 Å². The van der Waals surface area contributed by atoms with E-state index in [-0.39, 0.29) is 29.0 Å². The molecule has 0 aliphatic carbocycles. The molecule has 0 saturated carbocycles. The van der Waals surface area contributed by atoms with Crippen molar-refractivity contribution < 1.29 is 22.7 Å². The highest BCUT2D eigenvalue weighted by Gasteiger charge is 2.25. The SMILES string of the molecule is Cc1cccc(NS(=O)(=O)c2ccc(C)c(C(=O)OCC(=O)N3CCCCC3C)c2)c1. The Labute approximate surface area is 183 Å². The van der Waals surface area contributed by atoms with Crippen molar-refractivity contribution in [2.45, 2.75) is 51.0 Å². The van der Waals surface area contributed by atoms with Crippen LogP contribution in [0.1, 0.15) is 47.7 Å². The summed E-state index contributed by atoms with van der Waals surface area (Å²) in [4.78, 5) is 26.7. The van der Waals surface area contributed by atoms with E-state index in [1.807, 2.05) is 19.9 Å². The predicted molar refractivity (Wildman–Crippen MR) is 118 cm³/mol. The number of sulfonamides is 1. The van der Waals surface area contributed by atoms with Crippen LogP contribution < -0.4 is 4.72 Å². The van der Waals surface area contributed by atoms with Crippen LogP contribution in [-0.4, -0.2) is 44.4 Å². The number of aryl methyl sites for hydroxylation is 2. The number of likely N-dealkylation sites (tertiary alicyclic amines) is 1. The number of rotatable bonds is 6. The quantitative estimate of drug-likeness (QED) is 0.687. The molecule has 1 N–H and O–H groups in total. The molecule has 1 aliphatic rings. The summed E-state index contributed by atoms with van der Waals surface area (Å²) in [7, 11) is -3.89. The summed E-state index contributed by atoms with van der Waals surface area (Å²) in [6.07, 6.45) is 2.96. The van der Waals surface area contributed by atoms with Gasteiger partial charge in [-0.15, -0.1) is 0 Å². The van der Waals surface area contributed by atoms with Crippen LogP contribution >= 0.6 is 0 Å². The zero-order valence-electron chi connectivity index (χ0n) is 18.1. The maximum atomic E-state index is 12.8. The van der Waals surface area contributed by atoms with E-state index in [4.69, 9.17) is 4.74 Å². The van der Waals surface area contributed by atoms with Gasteiger partial charge in [0.25, 0.3) is 15.9 Å². The molecule has 8 heteroatoms. The standard InChI is InChI=1S/C23H28N2O5S/c1-16-7-6-9-19(13-16)24-31(28,29)20-11-10-17(2)21(14-20)23(27)30-15-22(26)25-12-5-4-8-18(25)3/h6-7,9-11,13-14,18,24H,4-5,8,12,15H2,1-3H3. The molecule has 166 valence electrons. The average molecular weight is 445 g/mol. The lowest BCUT2D eigenvalue weighted by molar-refractivity contribution is -0.137. The molecule has 1 unspecified atom stereocenters. The van der Waals surface area contributed by atoms with Gasteiger partial charge in [0.2, 0.25) is 0 Å². The minimum Gasteiger partial charge on any atom is -0.452 e. The first kappa shape index (κ1) is 22.8. The zero-order chi connectivity index (χ0) is 22.6. The van der Waals surface area contributed by atoms with Crippen molar-refractivity contribution in [2.75, 3.05) is 17.9 Å². The fraction of sp³-hybridized carbons (Fsp3) is 0.391. The van der Waals surface area contributed by atoms with E-state index in [9.17, 15) is 18.0 Å². The van der Waals surface area contributed by atoms with Crippen molar-refractivity contribution in [1.29, 1.82) is 0 Å². The van der Waals surface area contributed by atoms with Gasteiger partial charge in [0, 0.05) is 18.3 Å². The van der Waals surface area contributed by atoms with Crippen molar-refractivity contribution in [3.8, 4) is 0 Å². The lowest BCUT2D eigenvalue weighted by Gasteiger charge is -2.33. The Morgan fingerprint density at radius 2 is 1.90 bits per heavy atom. The second-order valence-corrected chi connectivity index (χ2v) is 9.64. The Kier molecular flexibility index (Phi) is 7.00. The lowest BCUT2D eigenvalue weighted by Crippen LogP contribution is -2.44. The number of nitrogens with one attached hydrogen (secondary N) is 1. The van der Waals surface area contributed by atoms with Gasteiger partial charge in [-0.05, 0) is 75.4 Å². The monoisotopic (exact) mass is 444 g/mol. The topological polar surface area (TPSA) is 92.8 Å². The van der Waals surface area contributed by atoms with Crippen LogP contribution in [0, 0.1) is 13.8 Å². The van der Waals surface area contributed by atoms with E-state index in [1.165, 1.54) is 12.1 Å². The van der Waals surface area contributed by atoms with Gasteiger partial charge >= 0.3 is 5.97 Å². The predicted octanol–water partition coefficient (Wildman–Crippen LogP) is 3.66. The van der Waals surface area contributed by atoms with E-state index >= 15 is 0 Å². The minimum absolute atomic E-state index is 0.0532. The summed E-state index contributed by atoms with van der Waals surface area (Å²) in [6.45, 7) is 5.84. The van der Waals surface area contributed by atoms with Crippen LogP contribution in [0.3, 0.4) is 0 Å². The van der Waals surface area contributed by atoms with Crippen LogP contribution in [-0.2, 0) is 19.6 Å². The summed E-state index contributed by atoms with van der Waals surface area (Å²) in [5.41, 5.74) is 2.04. The third kappa shape index (κ3) is 5.64. The first-order valence-corrected chi connectivity index (χ1v) is 11.8. The smallest absolute Gasteiger partial charge is 0.338 e. The van der Waals surface area contributed by atoms with Gasteiger partial charge in [0.15, 0.2) is 6.61 Å². The molecule has 31 heavy (non-hydrogen) atoms. The molecular weight excluding hydrogens is 416 g/mol. The van der Waals surface area contributed by atoms with Gasteiger partial charge in [0.1, 0.15) is 0 Å². The number of nitrogens with zero attached hydrogens (tertiary/aromatic N) is 1. The molecule has 1 atom stereocenters. The average Bonchev–Trinajstić information content (AvgIpc) is 2.72. The highest BCUT2D eigenvalue weighted by atomic mass is 32.2. The largest absolute Gasteiger partial charge is 0.452 e. The Balaban J connectivity index is 1.72. The van der Waals surface area contributed by atoms with Crippen molar-refractivity contribution >= 4 is 27.6 Å². The molecular formula is C23H28N2O5S. The van der Waals surface area contributed by atoms with E-state index in [0.29, 0.717) is 17.8 Å². The van der Waals surface area contributed by atoms with Crippen molar-refractivity contribution in [3.05, 3.63) is 59.2 Å². The third-order valence-corrected chi connectivity index (χ3v) is 6.84. The molecule has 0 aromatic heterocycles. The van der Waals surface area contributed by atoms with Crippen LogP contribution in [0.25, 0.3) is 0 Å². The molecule has 1 amide bonds. The number of carbonyl (C=O) groups is 2.